The fourth-order valence-corrected chi connectivity index (χ4v) is 3.76. The molecule has 0 aliphatic carbocycles. The van der Waals surface area contributed by atoms with Gasteiger partial charge < -0.3 is 5.73 Å². The summed E-state index contributed by atoms with van der Waals surface area (Å²) in [6.07, 6.45) is 4.41. The average Bonchev–Trinajstić information content (AvgIpc) is 2.96. The van der Waals surface area contributed by atoms with Crippen molar-refractivity contribution >= 4 is 5.91 Å². The molecule has 1 unspecified atom stereocenters. The lowest BCUT2D eigenvalue weighted by molar-refractivity contribution is -0.125. The molecule has 2 aliphatic heterocycles. The van der Waals surface area contributed by atoms with Gasteiger partial charge >= 0.3 is 0 Å². The summed E-state index contributed by atoms with van der Waals surface area (Å²) in [5, 5.41) is 0. The fraction of sp³-hybridized carbons (Fsp3) is 0.588. The third kappa shape index (κ3) is 3.44. The molecule has 21 heavy (non-hydrogen) atoms. The highest BCUT2D eigenvalue weighted by atomic mass is 16.1. The molecule has 1 amide bonds. The predicted octanol–water partition coefficient (Wildman–Crippen LogP) is 1.60. The topological polar surface area (TPSA) is 49.6 Å². The molecule has 0 aromatic heterocycles. The van der Waals surface area contributed by atoms with Gasteiger partial charge in [-0.1, -0.05) is 36.8 Å². The Bertz CT molecular complexity index is 476. The van der Waals surface area contributed by atoms with Crippen LogP contribution < -0.4 is 5.73 Å². The molecule has 2 N–H and O–H groups in total. The van der Waals surface area contributed by atoms with E-state index in [1.165, 1.54) is 12.0 Å². The number of hydrogen-bond acceptors (Lipinski definition) is 3. The summed E-state index contributed by atoms with van der Waals surface area (Å²) in [4.78, 5) is 16.5. The van der Waals surface area contributed by atoms with Crippen LogP contribution in [0.5, 0.6) is 0 Å². The van der Waals surface area contributed by atoms with Crippen molar-refractivity contribution in [2.24, 2.45) is 5.73 Å². The highest BCUT2D eigenvalue weighted by molar-refractivity contribution is 5.80. The van der Waals surface area contributed by atoms with Gasteiger partial charge in [-0.25, -0.2) is 0 Å². The minimum atomic E-state index is -0.142. The van der Waals surface area contributed by atoms with Crippen molar-refractivity contribution < 1.29 is 4.79 Å². The Morgan fingerprint density at radius 3 is 2.71 bits per heavy atom. The summed E-state index contributed by atoms with van der Waals surface area (Å²) in [5.41, 5.74) is 6.95. The second kappa shape index (κ2) is 6.58. The Labute approximate surface area is 126 Å². The second-order valence-corrected chi connectivity index (χ2v) is 6.31. The molecular weight excluding hydrogens is 262 g/mol. The molecule has 0 radical (unpaired) electrons. The Kier molecular flexibility index (Phi) is 4.56. The number of nitrogens with zero attached hydrogens (tertiary/aromatic N) is 2. The van der Waals surface area contributed by atoms with Gasteiger partial charge in [0.05, 0.1) is 6.04 Å². The number of carbonyl (C=O) groups excluding carboxylic acids is 1. The number of carbonyl (C=O) groups is 1. The Balaban J connectivity index is 1.59. The quantitative estimate of drug-likeness (QED) is 0.915. The first-order valence-corrected chi connectivity index (χ1v) is 8.05. The number of piperidine rings is 1. The van der Waals surface area contributed by atoms with Gasteiger partial charge in [0.15, 0.2) is 0 Å². The van der Waals surface area contributed by atoms with E-state index in [0.29, 0.717) is 6.04 Å². The molecule has 0 bridgehead atoms. The molecule has 2 heterocycles. The maximum Gasteiger partial charge on any atom is 0.234 e. The molecule has 2 atom stereocenters. The molecule has 3 rings (SSSR count). The van der Waals surface area contributed by atoms with Crippen molar-refractivity contribution in [3.8, 4) is 0 Å². The summed E-state index contributed by atoms with van der Waals surface area (Å²) in [5.74, 6) is -0.142. The summed E-state index contributed by atoms with van der Waals surface area (Å²) in [7, 11) is 0. The van der Waals surface area contributed by atoms with Crippen LogP contribution in [-0.4, -0.2) is 47.4 Å². The number of nitrogens with two attached hydrogens (primary N) is 1. The van der Waals surface area contributed by atoms with Crippen molar-refractivity contribution in [2.45, 2.75) is 44.3 Å². The van der Waals surface area contributed by atoms with Crippen LogP contribution in [0, 0.1) is 0 Å². The standard InChI is InChI=1S/C17H25N3O/c18-17(21)16-8-4-5-10-20(16)15-9-11-19(13-15)12-14-6-2-1-3-7-14/h1-3,6-7,15-16H,4-5,8-13H2,(H2,18,21)/t15-,16?/m0/s1. The summed E-state index contributed by atoms with van der Waals surface area (Å²) in [6.45, 7) is 4.20. The third-order valence-corrected chi connectivity index (χ3v) is 4.84. The average molecular weight is 287 g/mol. The molecule has 2 saturated heterocycles. The summed E-state index contributed by atoms with van der Waals surface area (Å²) >= 11 is 0. The monoisotopic (exact) mass is 287 g/mol. The minimum absolute atomic E-state index is 0.0413. The van der Waals surface area contributed by atoms with Crippen LogP contribution in [0.25, 0.3) is 0 Å². The number of likely N-dealkylation sites (tertiary alicyclic amines) is 2. The molecule has 114 valence electrons. The zero-order valence-electron chi connectivity index (χ0n) is 12.6. The van der Waals surface area contributed by atoms with Gasteiger partial charge in [0, 0.05) is 25.7 Å². The zero-order valence-corrected chi connectivity index (χ0v) is 12.6. The number of benzene rings is 1. The second-order valence-electron chi connectivity index (χ2n) is 6.31. The molecule has 2 fully saturated rings. The maximum absolute atomic E-state index is 11.7. The molecule has 0 spiro atoms. The van der Waals surface area contributed by atoms with Crippen LogP contribution >= 0.6 is 0 Å². The van der Waals surface area contributed by atoms with Gasteiger partial charge in [-0.2, -0.15) is 0 Å². The van der Waals surface area contributed by atoms with E-state index in [9.17, 15) is 4.79 Å². The first-order chi connectivity index (χ1) is 10.2. The lowest BCUT2D eigenvalue weighted by Gasteiger charge is -2.38. The zero-order chi connectivity index (χ0) is 14.7. The first-order valence-electron chi connectivity index (χ1n) is 8.05. The van der Waals surface area contributed by atoms with E-state index in [0.717, 1.165) is 45.4 Å². The number of rotatable bonds is 4. The van der Waals surface area contributed by atoms with Gasteiger partial charge in [-0.15, -0.1) is 0 Å². The first kappa shape index (κ1) is 14.5. The van der Waals surface area contributed by atoms with Gasteiger partial charge in [-0.3, -0.25) is 14.6 Å². The highest BCUT2D eigenvalue weighted by Crippen LogP contribution is 2.25. The van der Waals surface area contributed by atoms with Crippen LogP contribution in [0.15, 0.2) is 30.3 Å². The van der Waals surface area contributed by atoms with E-state index in [1.54, 1.807) is 0 Å². The fourth-order valence-electron chi connectivity index (χ4n) is 3.76. The van der Waals surface area contributed by atoms with Crippen LogP contribution in [0.4, 0.5) is 0 Å². The van der Waals surface area contributed by atoms with Crippen LogP contribution in [0.3, 0.4) is 0 Å². The van der Waals surface area contributed by atoms with Crippen molar-refractivity contribution in [1.29, 1.82) is 0 Å². The lowest BCUT2D eigenvalue weighted by Crippen LogP contribution is -2.52. The Morgan fingerprint density at radius 1 is 1.14 bits per heavy atom. The van der Waals surface area contributed by atoms with Crippen molar-refractivity contribution in [1.82, 2.24) is 9.80 Å². The van der Waals surface area contributed by atoms with Crippen LogP contribution in [0.1, 0.15) is 31.2 Å². The van der Waals surface area contributed by atoms with E-state index in [1.807, 2.05) is 0 Å². The summed E-state index contributed by atoms with van der Waals surface area (Å²) < 4.78 is 0. The molecule has 1 aromatic carbocycles. The highest BCUT2D eigenvalue weighted by Gasteiger charge is 2.35. The van der Waals surface area contributed by atoms with E-state index in [-0.39, 0.29) is 11.9 Å². The maximum atomic E-state index is 11.7. The van der Waals surface area contributed by atoms with E-state index in [4.69, 9.17) is 5.73 Å². The van der Waals surface area contributed by atoms with Gasteiger partial charge in [-0.05, 0) is 31.4 Å². The van der Waals surface area contributed by atoms with Gasteiger partial charge in [0.25, 0.3) is 0 Å². The molecule has 4 nitrogen and oxygen atoms in total. The molecule has 0 saturated carbocycles. The number of primary amides is 1. The normalized spacial score (nSPS) is 27.8. The van der Waals surface area contributed by atoms with Gasteiger partial charge in [0.2, 0.25) is 5.91 Å². The van der Waals surface area contributed by atoms with E-state index < -0.39 is 0 Å². The van der Waals surface area contributed by atoms with Crippen molar-refractivity contribution in [3.05, 3.63) is 35.9 Å². The molecule has 4 heteroatoms. The Morgan fingerprint density at radius 2 is 1.95 bits per heavy atom. The predicted molar refractivity (Wildman–Crippen MR) is 83.7 cm³/mol. The SMILES string of the molecule is NC(=O)C1CCCCN1[C@H]1CCN(Cc2ccccc2)C1. The number of amides is 1. The minimum Gasteiger partial charge on any atom is -0.368 e. The van der Waals surface area contributed by atoms with Crippen molar-refractivity contribution in [2.75, 3.05) is 19.6 Å². The van der Waals surface area contributed by atoms with Gasteiger partial charge in [0.1, 0.15) is 0 Å². The third-order valence-electron chi connectivity index (χ3n) is 4.84. The smallest absolute Gasteiger partial charge is 0.234 e. The van der Waals surface area contributed by atoms with Crippen LogP contribution in [-0.2, 0) is 11.3 Å². The van der Waals surface area contributed by atoms with Crippen molar-refractivity contribution in [3.63, 3.8) is 0 Å². The molecule has 2 aliphatic rings. The largest absolute Gasteiger partial charge is 0.368 e. The van der Waals surface area contributed by atoms with E-state index in [2.05, 4.69) is 40.1 Å². The Hall–Kier alpha value is -1.39. The summed E-state index contributed by atoms with van der Waals surface area (Å²) in [6, 6.07) is 11.1. The number of hydrogen-bond donors (Lipinski definition) is 1. The van der Waals surface area contributed by atoms with E-state index >= 15 is 0 Å². The van der Waals surface area contributed by atoms with Crippen LogP contribution in [0.2, 0.25) is 0 Å². The molecular formula is C17H25N3O. The molecule has 1 aromatic rings. The lowest BCUT2D eigenvalue weighted by atomic mass is 9.99.